The van der Waals surface area contributed by atoms with Crippen LogP contribution in [-0.2, 0) is 13.2 Å². The van der Waals surface area contributed by atoms with Crippen molar-refractivity contribution in [3.05, 3.63) is 52.1 Å². The van der Waals surface area contributed by atoms with Gasteiger partial charge in [0.25, 0.3) is 0 Å². The Morgan fingerprint density at radius 2 is 2.00 bits per heavy atom. The van der Waals surface area contributed by atoms with Gasteiger partial charge < -0.3 is 14.8 Å². The molecule has 0 amide bonds. The fourth-order valence-electron chi connectivity index (χ4n) is 1.79. The van der Waals surface area contributed by atoms with Gasteiger partial charge in [0.15, 0.2) is 0 Å². The molecule has 1 aromatic heterocycles. The smallest absolute Gasteiger partial charge is 0.218 e. The van der Waals surface area contributed by atoms with E-state index < -0.39 is 0 Å². The van der Waals surface area contributed by atoms with Crippen molar-refractivity contribution < 1.29 is 9.47 Å². The van der Waals surface area contributed by atoms with Crippen molar-refractivity contribution in [2.45, 2.75) is 13.2 Å². The van der Waals surface area contributed by atoms with Gasteiger partial charge >= 0.3 is 0 Å². The molecule has 0 unspecified atom stereocenters. The lowest BCUT2D eigenvalue weighted by Crippen LogP contribution is -2.08. The number of nitrogens with one attached hydrogen (secondary N) is 1. The molecule has 0 spiro atoms. The maximum absolute atomic E-state index is 5.79. The summed E-state index contributed by atoms with van der Waals surface area (Å²) < 4.78 is 11.9. The monoisotopic (exact) mass is 336 g/mol. The predicted molar refractivity (Wildman–Crippen MR) is 82.0 cm³/mol. The second kappa shape index (κ2) is 7.26. The molecule has 0 atom stereocenters. The molecule has 0 aliphatic carbocycles. The van der Waals surface area contributed by atoms with Crippen molar-refractivity contribution in [1.82, 2.24) is 10.3 Å². The van der Waals surface area contributed by atoms with E-state index in [1.54, 1.807) is 13.3 Å². The maximum atomic E-state index is 5.79. The van der Waals surface area contributed by atoms with Gasteiger partial charge in [-0.05, 0) is 46.7 Å². The summed E-state index contributed by atoms with van der Waals surface area (Å²) in [6.07, 6.45) is 1.74. The fraction of sp³-hybridized carbons (Fsp3) is 0.267. The Labute approximate surface area is 127 Å². The molecule has 1 heterocycles. The van der Waals surface area contributed by atoms with Crippen LogP contribution in [0, 0.1) is 0 Å². The van der Waals surface area contributed by atoms with Crippen molar-refractivity contribution in [3.8, 4) is 11.6 Å². The van der Waals surface area contributed by atoms with E-state index in [9.17, 15) is 0 Å². The summed E-state index contributed by atoms with van der Waals surface area (Å²) in [5.74, 6) is 1.49. The summed E-state index contributed by atoms with van der Waals surface area (Å²) in [4.78, 5) is 4.31. The van der Waals surface area contributed by atoms with Crippen molar-refractivity contribution >= 4 is 15.9 Å². The molecule has 0 bridgehead atoms. The molecule has 2 aromatic rings. The van der Waals surface area contributed by atoms with Crippen LogP contribution in [0.3, 0.4) is 0 Å². The SMILES string of the molecule is CNCc1cc(Br)cnc1OCc1ccc(OC)cc1. The summed E-state index contributed by atoms with van der Waals surface area (Å²) in [7, 11) is 3.55. The van der Waals surface area contributed by atoms with Gasteiger partial charge in [0.2, 0.25) is 5.88 Å². The Morgan fingerprint density at radius 3 is 2.65 bits per heavy atom. The van der Waals surface area contributed by atoms with Gasteiger partial charge in [-0.2, -0.15) is 0 Å². The first-order valence-corrected chi connectivity index (χ1v) is 7.07. The van der Waals surface area contributed by atoms with Gasteiger partial charge in [-0.15, -0.1) is 0 Å². The molecule has 106 valence electrons. The number of nitrogens with zero attached hydrogens (tertiary/aromatic N) is 1. The van der Waals surface area contributed by atoms with E-state index in [2.05, 4.69) is 26.2 Å². The van der Waals surface area contributed by atoms with E-state index in [1.165, 1.54) is 0 Å². The highest BCUT2D eigenvalue weighted by molar-refractivity contribution is 9.10. The third-order valence-corrected chi connectivity index (χ3v) is 3.23. The lowest BCUT2D eigenvalue weighted by Gasteiger charge is -2.11. The highest BCUT2D eigenvalue weighted by atomic mass is 79.9. The minimum Gasteiger partial charge on any atom is -0.497 e. The minimum atomic E-state index is 0.481. The van der Waals surface area contributed by atoms with Gasteiger partial charge in [-0.3, -0.25) is 0 Å². The third-order valence-electron chi connectivity index (χ3n) is 2.79. The van der Waals surface area contributed by atoms with Gasteiger partial charge in [-0.25, -0.2) is 4.98 Å². The molecule has 1 N–H and O–H groups in total. The molecule has 2 rings (SSSR count). The van der Waals surface area contributed by atoms with Crippen LogP contribution in [0.25, 0.3) is 0 Å². The van der Waals surface area contributed by atoms with Crippen LogP contribution >= 0.6 is 15.9 Å². The number of pyridine rings is 1. The number of methoxy groups -OCH3 is 1. The standard InChI is InChI=1S/C15H17BrN2O2/c1-17-8-12-7-13(16)9-18-15(12)20-10-11-3-5-14(19-2)6-4-11/h3-7,9,17H,8,10H2,1-2H3. The Morgan fingerprint density at radius 1 is 1.25 bits per heavy atom. The average Bonchev–Trinajstić information content (AvgIpc) is 2.47. The quantitative estimate of drug-likeness (QED) is 0.879. The summed E-state index contributed by atoms with van der Waals surface area (Å²) in [6, 6.07) is 9.81. The van der Waals surface area contributed by atoms with Crippen LogP contribution in [-0.4, -0.2) is 19.1 Å². The Kier molecular flexibility index (Phi) is 5.38. The summed E-state index contributed by atoms with van der Waals surface area (Å²) in [6.45, 7) is 1.19. The van der Waals surface area contributed by atoms with Gasteiger partial charge in [-0.1, -0.05) is 12.1 Å². The van der Waals surface area contributed by atoms with Gasteiger partial charge in [0.05, 0.1) is 7.11 Å². The molecule has 0 aliphatic rings. The van der Waals surface area contributed by atoms with E-state index in [1.807, 2.05) is 37.4 Å². The number of hydrogen-bond donors (Lipinski definition) is 1. The molecule has 0 fully saturated rings. The lowest BCUT2D eigenvalue weighted by atomic mass is 10.2. The first-order chi connectivity index (χ1) is 9.72. The molecular formula is C15H17BrN2O2. The summed E-state index contributed by atoms with van der Waals surface area (Å²) in [5.41, 5.74) is 2.10. The normalized spacial score (nSPS) is 10.3. The van der Waals surface area contributed by atoms with Crippen molar-refractivity contribution in [2.75, 3.05) is 14.2 Å². The zero-order valence-corrected chi connectivity index (χ0v) is 13.1. The van der Waals surface area contributed by atoms with Gasteiger partial charge in [0, 0.05) is 22.8 Å². The zero-order valence-electron chi connectivity index (χ0n) is 11.5. The van der Waals surface area contributed by atoms with Crippen LogP contribution in [0.2, 0.25) is 0 Å². The number of benzene rings is 1. The maximum Gasteiger partial charge on any atom is 0.218 e. The van der Waals surface area contributed by atoms with E-state index in [0.29, 0.717) is 19.0 Å². The van der Waals surface area contributed by atoms with Crippen molar-refractivity contribution in [2.24, 2.45) is 0 Å². The molecule has 0 saturated heterocycles. The highest BCUT2D eigenvalue weighted by Gasteiger charge is 2.06. The number of aromatic nitrogens is 1. The summed E-state index contributed by atoms with van der Waals surface area (Å²) >= 11 is 3.42. The van der Waals surface area contributed by atoms with E-state index in [-0.39, 0.29) is 0 Å². The first-order valence-electron chi connectivity index (χ1n) is 6.27. The molecule has 0 aliphatic heterocycles. The number of rotatable bonds is 6. The van der Waals surface area contributed by atoms with Crippen LogP contribution < -0.4 is 14.8 Å². The molecule has 5 heteroatoms. The fourth-order valence-corrected chi connectivity index (χ4v) is 2.17. The van der Waals surface area contributed by atoms with Gasteiger partial charge in [0.1, 0.15) is 12.4 Å². The molecule has 1 aromatic carbocycles. The topological polar surface area (TPSA) is 43.4 Å². The molecular weight excluding hydrogens is 320 g/mol. The lowest BCUT2D eigenvalue weighted by molar-refractivity contribution is 0.289. The number of ether oxygens (including phenoxy) is 2. The van der Waals surface area contributed by atoms with Crippen LogP contribution in [0.1, 0.15) is 11.1 Å². The highest BCUT2D eigenvalue weighted by Crippen LogP contribution is 2.21. The van der Waals surface area contributed by atoms with Crippen LogP contribution in [0.4, 0.5) is 0 Å². The molecule has 0 saturated carbocycles. The van der Waals surface area contributed by atoms with Crippen molar-refractivity contribution in [1.29, 1.82) is 0 Å². The third kappa shape index (κ3) is 3.95. The number of halogens is 1. The largest absolute Gasteiger partial charge is 0.497 e. The Bertz CT molecular complexity index is 558. The van der Waals surface area contributed by atoms with E-state index in [0.717, 1.165) is 21.3 Å². The second-order valence-electron chi connectivity index (χ2n) is 4.28. The minimum absolute atomic E-state index is 0.481. The molecule has 0 radical (unpaired) electrons. The molecule has 4 nitrogen and oxygen atoms in total. The Hall–Kier alpha value is -1.59. The van der Waals surface area contributed by atoms with E-state index >= 15 is 0 Å². The second-order valence-corrected chi connectivity index (χ2v) is 5.20. The molecule has 20 heavy (non-hydrogen) atoms. The summed E-state index contributed by atoms with van der Waals surface area (Å²) in [5, 5.41) is 3.11. The van der Waals surface area contributed by atoms with Crippen molar-refractivity contribution in [3.63, 3.8) is 0 Å². The number of hydrogen-bond acceptors (Lipinski definition) is 4. The predicted octanol–water partition coefficient (Wildman–Crippen LogP) is 3.15. The average molecular weight is 337 g/mol. The first kappa shape index (κ1) is 14.8. The van der Waals surface area contributed by atoms with Crippen LogP contribution in [0.15, 0.2) is 41.0 Å². The van der Waals surface area contributed by atoms with E-state index in [4.69, 9.17) is 9.47 Å². The van der Waals surface area contributed by atoms with Crippen LogP contribution in [0.5, 0.6) is 11.6 Å². The zero-order chi connectivity index (χ0) is 14.4. The Balaban J connectivity index is 2.05.